The standard InChI is InChI=1S/C19H17ClN4O2S/c20-15-4-2-1-3-14(15)17-11-24(7-8-26-17)18(25)9-13-12-27-19(23-13)16-10-21-5-6-22-16/h1-6,10,12,17H,7-9,11H2. The number of carbonyl (C=O) groups excluding carboxylic acids is 1. The van der Waals surface area contributed by atoms with Crippen LogP contribution in [0.3, 0.4) is 0 Å². The highest BCUT2D eigenvalue weighted by molar-refractivity contribution is 7.13. The Morgan fingerprint density at radius 3 is 3.04 bits per heavy atom. The van der Waals surface area contributed by atoms with Crippen molar-refractivity contribution in [1.82, 2.24) is 19.9 Å². The van der Waals surface area contributed by atoms with Gasteiger partial charge in [0.25, 0.3) is 0 Å². The highest BCUT2D eigenvalue weighted by Crippen LogP contribution is 2.28. The van der Waals surface area contributed by atoms with Gasteiger partial charge in [0.2, 0.25) is 5.91 Å². The summed E-state index contributed by atoms with van der Waals surface area (Å²) < 4.78 is 5.83. The molecular formula is C19H17ClN4O2S. The Bertz CT molecular complexity index is 934. The number of thiazole rings is 1. The molecule has 0 bridgehead atoms. The molecule has 6 nitrogen and oxygen atoms in total. The molecule has 0 spiro atoms. The summed E-state index contributed by atoms with van der Waals surface area (Å²) in [6.07, 6.45) is 4.97. The topological polar surface area (TPSA) is 68.2 Å². The first-order valence-corrected chi connectivity index (χ1v) is 9.81. The number of hydrogen-bond acceptors (Lipinski definition) is 6. The van der Waals surface area contributed by atoms with Gasteiger partial charge in [-0.15, -0.1) is 11.3 Å². The molecule has 138 valence electrons. The van der Waals surface area contributed by atoms with Crippen molar-refractivity contribution in [2.75, 3.05) is 19.7 Å². The van der Waals surface area contributed by atoms with Crippen LogP contribution in [0.4, 0.5) is 0 Å². The summed E-state index contributed by atoms with van der Waals surface area (Å²) in [5.41, 5.74) is 2.37. The van der Waals surface area contributed by atoms with Gasteiger partial charge in [0.1, 0.15) is 16.8 Å². The van der Waals surface area contributed by atoms with Crippen molar-refractivity contribution < 1.29 is 9.53 Å². The van der Waals surface area contributed by atoms with Crippen molar-refractivity contribution in [3.63, 3.8) is 0 Å². The third kappa shape index (κ3) is 4.16. The molecule has 1 amide bonds. The molecule has 0 N–H and O–H groups in total. The Labute approximate surface area is 165 Å². The fourth-order valence-electron chi connectivity index (χ4n) is 2.98. The summed E-state index contributed by atoms with van der Waals surface area (Å²) in [6.45, 7) is 1.55. The number of rotatable bonds is 4. The molecule has 1 saturated heterocycles. The average molecular weight is 401 g/mol. The molecule has 1 aliphatic rings. The first-order valence-electron chi connectivity index (χ1n) is 8.55. The molecule has 1 aromatic carbocycles. The van der Waals surface area contributed by atoms with Crippen LogP contribution in [0.5, 0.6) is 0 Å². The zero-order valence-electron chi connectivity index (χ0n) is 14.4. The Morgan fingerprint density at radius 2 is 2.22 bits per heavy atom. The van der Waals surface area contributed by atoms with Crippen LogP contribution in [-0.4, -0.2) is 45.5 Å². The molecule has 1 atom stereocenters. The van der Waals surface area contributed by atoms with Gasteiger partial charge in [0, 0.05) is 34.9 Å². The number of hydrogen-bond donors (Lipinski definition) is 0. The lowest BCUT2D eigenvalue weighted by Gasteiger charge is -2.33. The molecule has 1 fully saturated rings. The molecule has 27 heavy (non-hydrogen) atoms. The van der Waals surface area contributed by atoms with E-state index in [9.17, 15) is 4.79 Å². The largest absolute Gasteiger partial charge is 0.370 e. The number of nitrogens with zero attached hydrogens (tertiary/aromatic N) is 4. The minimum atomic E-state index is -0.206. The van der Waals surface area contributed by atoms with Crippen LogP contribution in [0.15, 0.2) is 48.2 Å². The smallest absolute Gasteiger partial charge is 0.228 e. The van der Waals surface area contributed by atoms with Crippen molar-refractivity contribution in [1.29, 1.82) is 0 Å². The molecule has 3 aromatic rings. The van der Waals surface area contributed by atoms with Gasteiger partial charge >= 0.3 is 0 Å². The van der Waals surface area contributed by atoms with Crippen LogP contribution < -0.4 is 0 Å². The van der Waals surface area contributed by atoms with Crippen LogP contribution in [0, 0.1) is 0 Å². The number of halogens is 1. The second kappa shape index (κ2) is 8.12. The van der Waals surface area contributed by atoms with Crippen LogP contribution in [-0.2, 0) is 16.0 Å². The molecule has 2 aromatic heterocycles. The van der Waals surface area contributed by atoms with E-state index in [2.05, 4.69) is 15.0 Å². The van der Waals surface area contributed by atoms with Crippen LogP contribution in [0.2, 0.25) is 5.02 Å². The first-order chi connectivity index (χ1) is 13.2. The number of amides is 1. The van der Waals surface area contributed by atoms with Crippen LogP contribution in [0.25, 0.3) is 10.7 Å². The number of benzene rings is 1. The summed E-state index contributed by atoms with van der Waals surface area (Å²) >= 11 is 7.74. The monoisotopic (exact) mass is 400 g/mol. The van der Waals surface area contributed by atoms with Gasteiger partial charge in [-0.05, 0) is 6.07 Å². The average Bonchev–Trinajstić information content (AvgIpc) is 3.17. The fraction of sp³-hybridized carbons (Fsp3) is 0.263. The maximum Gasteiger partial charge on any atom is 0.228 e. The predicted octanol–water partition coefficient (Wildman–Crippen LogP) is 3.40. The van der Waals surface area contributed by atoms with Gasteiger partial charge < -0.3 is 9.64 Å². The molecule has 0 saturated carbocycles. The number of carbonyl (C=O) groups is 1. The first kappa shape index (κ1) is 18.0. The Hall–Kier alpha value is -2.35. The van der Waals surface area contributed by atoms with E-state index in [1.807, 2.05) is 34.5 Å². The Morgan fingerprint density at radius 1 is 1.33 bits per heavy atom. The summed E-state index contributed by atoms with van der Waals surface area (Å²) in [5.74, 6) is 0.0337. The highest BCUT2D eigenvalue weighted by atomic mass is 35.5. The van der Waals surface area contributed by atoms with E-state index in [1.54, 1.807) is 18.6 Å². The van der Waals surface area contributed by atoms with E-state index in [0.717, 1.165) is 16.3 Å². The zero-order chi connectivity index (χ0) is 18.6. The Balaban J connectivity index is 1.43. The van der Waals surface area contributed by atoms with E-state index in [4.69, 9.17) is 16.3 Å². The lowest BCUT2D eigenvalue weighted by Crippen LogP contribution is -2.43. The minimum Gasteiger partial charge on any atom is -0.370 e. The van der Waals surface area contributed by atoms with E-state index < -0.39 is 0 Å². The second-order valence-electron chi connectivity index (χ2n) is 6.13. The van der Waals surface area contributed by atoms with Crippen LogP contribution in [0.1, 0.15) is 17.4 Å². The van der Waals surface area contributed by atoms with Crippen molar-refractivity contribution >= 4 is 28.8 Å². The third-order valence-electron chi connectivity index (χ3n) is 4.34. The molecule has 0 aliphatic carbocycles. The minimum absolute atomic E-state index is 0.0337. The molecule has 3 heterocycles. The maximum absolute atomic E-state index is 12.7. The SMILES string of the molecule is O=C(Cc1csc(-c2cnccn2)n1)N1CCOC(c2ccccc2Cl)C1. The molecular weight excluding hydrogens is 384 g/mol. The summed E-state index contributed by atoms with van der Waals surface area (Å²) in [5, 5.41) is 3.32. The van der Waals surface area contributed by atoms with Crippen molar-refractivity contribution in [2.45, 2.75) is 12.5 Å². The van der Waals surface area contributed by atoms with Crippen molar-refractivity contribution in [3.05, 3.63) is 64.5 Å². The van der Waals surface area contributed by atoms with Gasteiger partial charge in [-0.2, -0.15) is 0 Å². The van der Waals surface area contributed by atoms with E-state index in [1.165, 1.54) is 11.3 Å². The molecule has 4 rings (SSSR count). The quantitative estimate of drug-likeness (QED) is 0.671. The molecule has 0 radical (unpaired) electrons. The number of aromatic nitrogens is 3. The number of morpholine rings is 1. The highest BCUT2D eigenvalue weighted by Gasteiger charge is 2.27. The summed E-state index contributed by atoms with van der Waals surface area (Å²) in [4.78, 5) is 27.4. The Kier molecular flexibility index (Phi) is 5.42. The second-order valence-corrected chi connectivity index (χ2v) is 7.40. The summed E-state index contributed by atoms with van der Waals surface area (Å²) in [7, 11) is 0. The molecule has 8 heteroatoms. The van der Waals surface area contributed by atoms with Crippen molar-refractivity contribution in [2.24, 2.45) is 0 Å². The van der Waals surface area contributed by atoms with Gasteiger partial charge in [-0.25, -0.2) is 4.98 Å². The fourth-order valence-corrected chi connectivity index (χ4v) is 4.02. The lowest BCUT2D eigenvalue weighted by molar-refractivity contribution is -0.138. The molecule has 1 aliphatic heterocycles. The predicted molar refractivity (Wildman–Crippen MR) is 104 cm³/mol. The van der Waals surface area contributed by atoms with Gasteiger partial charge in [-0.3, -0.25) is 14.8 Å². The van der Waals surface area contributed by atoms with E-state index >= 15 is 0 Å². The normalized spacial score (nSPS) is 17.1. The van der Waals surface area contributed by atoms with Crippen LogP contribution >= 0.6 is 22.9 Å². The summed E-state index contributed by atoms with van der Waals surface area (Å²) in [6, 6.07) is 7.59. The van der Waals surface area contributed by atoms with E-state index in [-0.39, 0.29) is 18.4 Å². The van der Waals surface area contributed by atoms with E-state index in [0.29, 0.717) is 30.4 Å². The number of ether oxygens (including phenoxy) is 1. The van der Waals surface area contributed by atoms with Gasteiger partial charge in [0.15, 0.2) is 0 Å². The van der Waals surface area contributed by atoms with Gasteiger partial charge in [-0.1, -0.05) is 29.8 Å². The van der Waals surface area contributed by atoms with Gasteiger partial charge in [0.05, 0.1) is 31.5 Å². The third-order valence-corrected chi connectivity index (χ3v) is 5.60. The molecule has 1 unspecified atom stereocenters. The zero-order valence-corrected chi connectivity index (χ0v) is 16.0. The van der Waals surface area contributed by atoms with Crippen molar-refractivity contribution in [3.8, 4) is 10.7 Å². The lowest BCUT2D eigenvalue weighted by atomic mass is 10.1. The maximum atomic E-state index is 12.7.